The number of anilines is 1. The largest absolute Gasteiger partial charge is 0.508 e. The summed E-state index contributed by atoms with van der Waals surface area (Å²) < 4.78 is 0. The Morgan fingerprint density at radius 3 is 2.67 bits per heavy atom. The van der Waals surface area contributed by atoms with Gasteiger partial charge in [0.15, 0.2) is 0 Å². The van der Waals surface area contributed by atoms with Gasteiger partial charge in [0, 0.05) is 0 Å². The van der Waals surface area contributed by atoms with E-state index in [0.717, 1.165) is 5.56 Å². The molecule has 1 heterocycles. The van der Waals surface area contributed by atoms with Gasteiger partial charge in [-0.2, -0.15) is 5.10 Å². The van der Waals surface area contributed by atoms with Crippen molar-refractivity contribution in [2.45, 2.75) is 0 Å². The molecule has 0 radical (unpaired) electrons. The molecule has 2 rings (SSSR count). The van der Waals surface area contributed by atoms with E-state index in [1.807, 2.05) is 4.98 Å². The molecular weight excluding hydrogens is 238 g/mol. The lowest BCUT2D eigenvalue weighted by Crippen LogP contribution is -2.25. The monoisotopic (exact) mass is 247 g/mol. The van der Waals surface area contributed by atoms with Crippen molar-refractivity contribution in [3.8, 4) is 5.75 Å². The average Bonchev–Trinajstić information content (AvgIpc) is 2.34. The van der Waals surface area contributed by atoms with Crippen LogP contribution in [0.25, 0.3) is 0 Å². The highest BCUT2D eigenvalue weighted by Crippen LogP contribution is 2.07. The number of nitrogens with one attached hydrogen (secondary N) is 3. The summed E-state index contributed by atoms with van der Waals surface area (Å²) in [5.41, 5.74) is 1.76. The van der Waals surface area contributed by atoms with Crippen LogP contribution in [0.1, 0.15) is 5.56 Å². The normalized spacial score (nSPS) is 10.7. The van der Waals surface area contributed by atoms with Gasteiger partial charge in [-0.05, 0) is 29.8 Å². The Bertz CT molecular complexity index is 671. The van der Waals surface area contributed by atoms with Gasteiger partial charge in [-0.25, -0.2) is 9.89 Å². The van der Waals surface area contributed by atoms with Gasteiger partial charge in [-0.3, -0.25) is 15.2 Å². The molecule has 8 heteroatoms. The molecule has 0 fully saturated rings. The van der Waals surface area contributed by atoms with Crippen LogP contribution in [-0.4, -0.2) is 26.5 Å². The first kappa shape index (κ1) is 11.6. The summed E-state index contributed by atoms with van der Waals surface area (Å²) in [5, 5.41) is 18.4. The highest BCUT2D eigenvalue weighted by atomic mass is 16.3. The van der Waals surface area contributed by atoms with Crippen molar-refractivity contribution in [3.05, 3.63) is 50.7 Å². The van der Waals surface area contributed by atoms with Gasteiger partial charge in [0.1, 0.15) is 5.75 Å². The van der Waals surface area contributed by atoms with Gasteiger partial charge in [-0.15, -0.1) is 5.10 Å². The molecule has 0 unspecified atom stereocenters. The fraction of sp³-hybridized carbons (Fsp3) is 0. The molecule has 0 atom stereocenters. The molecule has 0 saturated carbocycles. The maximum Gasteiger partial charge on any atom is 0.342 e. The van der Waals surface area contributed by atoms with Gasteiger partial charge in [-0.1, -0.05) is 0 Å². The topological polar surface area (TPSA) is 123 Å². The van der Waals surface area contributed by atoms with Crippen molar-refractivity contribution in [3.63, 3.8) is 0 Å². The lowest BCUT2D eigenvalue weighted by molar-refractivity contribution is 0.475. The van der Waals surface area contributed by atoms with Crippen LogP contribution in [-0.2, 0) is 0 Å². The molecule has 18 heavy (non-hydrogen) atoms. The number of phenols is 1. The van der Waals surface area contributed by atoms with Crippen LogP contribution in [0.15, 0.2) is 39.0 Å². The molecule has 0 aliphatic rings. The summed E-state index contributed by atoms with van der Waals surface area (Å²) in [6.07, 6.45) is 1.44. The third kappa shape index (κ3) is 2.82. The molecule has 1 aromatic heterocycles. The minimum atomic E-state index is -0.687. The van der Waals surface area contributed by atoms with Crippen LogP contribution < -0.4 is 16.7 Å². The van der Waals surface area contributed by atoms with E-state index in [-0.39, 0.29) is 11.6 Å². The first-order valence-electron chi connectivity index (χ1n) is 4.92. The Hall–Kier alpha value is -2.90. The highest BCUT2D eigenvalue weighted by Gasteiger charge is 1.98. The van der Waals surface area contributed by atoms with Crippen molar-refractivity contribution in [1.82, 2.24) is 15.2 Å². The molecular formula is C10H9N5O3. The Kier molecular flexibility index (Phi) is 3.19. The Balaban J connectivity index is 2.09. The second kappa shape index (κ2) is 4.95. The number of nitrogens with zero attached hydrogens (tertiary/aromatic N) is 2. The van der Waals surface area contributed by atoms with E-state index in [4.69, 9.17) is 5.11 Å². The zero-order chi connectivity index (χ0) is 13.0. The van der Waals surface area contributed by atoms with Crippen molar-refractivity contribution < 1.29 is 5.11 Å². The van der Waals surface area contributed by atoms with E-state index in [9.17, 15) is 9.59 Å². The minimum absolute atomic E-state index is 0.121. The third-order valence-corrected chi connectivity index (χ3v) is 1.99. The van der Waals surface area contributed by atoms with E-state index in [0.29, 0.717) is 0 Å². The summed E-state index contributed by atoms with van der Waals surface area (Å²) in [4.78, 5) is 23.9. The number of rotatable bonds is 3. The molecule has 0 spiro atoms. The lowest BCUT2D eigenvalue weighted by atomic mass is 10.2. The fourth-order valence-corrected chi connectivity index (χ4v) is 1.15. The zero-order valence-corrected chi connectivity index (χ0v) is 9.04. The summed E-state index contributed by atoms with van der Waals surface area (Å²) >= 11 is 0. The van der Waals surface area contributed by atoms with E-state index in [1.165, 1.54) is 18.3 Å². The Morgan fingerprint density at radius 2 is 2.00 bits per heavy atom. The van der Waals surface area contributed by atoms with Gasteiger partial charge in [0.2, 0.25) is 5.82 Å². The smallest absolute Gasteiger partial charge is 0.342 e. The average molecular weight is 247 g/mol. The van der Waals surface area contributed by atoms with Gasteiger partial charge < -0.3 is 5.11 Å². The molecule has 0 saturated heterocycles. The number of aromatic amines is 2. The molecule has 2 aromatic rings. The number of H-pyrrole nitrogens is 2. The summed E-state index contributed by atoms with van der Waals surface area (Å²) in [5.74, 6) is 0.0310. The second-order valence-corrected chi connectivity index (χ2v) is 3.32. The standard InChI is InChI=1S/C10H9N5O3/c16-7-3-1-6(2-4-7)5-11-13-8-9(17)12-10(18)15-14-8/h1-5,16H,(H,13,14)(H2,12,15,17,18)/b11-5-. The lowest BCUT2D eigenvalue weighted by Gasteiger charge is -1.96. The molecule has 8 nitrogen and oxygen atoms in total. The van der Waals surface area contributed by atoms with Crippen molar-refractivity contribution >= 4 is 12.0 Å². The van der Waals surface area contributed by atoms with Gasteiger partial charge in [0.05, 0.1) is 6.21 Å². The SMILES string of the molecule is O=c1[nH]nc(N/N=C\c2ccc(O)cc2)c(=O)[nH]1. The molecule has 4 N–H and O–H groups in total. The summed E-state index contributed by atoms with van der Waals surface area (Å²) in [6.45, 7) is 0. The maximum absolute atomic E-state index is 11.2. The predicted octanol–water partition coefficient (Wildman–Crippen LogP) is -0.390. The molecule has 92 valence electrons. The minimum Gasteiger partial charge on any atom is -0.508 e. The summed E-state index contributed by atoms with van der Waals surface area (Å²) in [7, 11) is 0. The van der Waals surface area contributed by atoms with Gasteiger partial charge in [0.25, 0.3) is 5.56 Å². The van der Waals surface area contributed by atoms with Crippen LogP contribution in [0.3, 0.4) is 0 Å². The maximum atomic E-state index is 11.2. The van der Waals surface area contributed by atoms with E-state index < -0.39 is 11.2 Å². The van der Waals surface area contributed by atoms with Crippen molar-refractivity contribution in [2.24, 2.45) is 5.10 Å². The van der Waals surface area contributed by atoms with Crippen LogP contribution in [0.5, 0.6) is 5.75 Å². The molecule has 0 amide bonds. The zero-order valence-electron chi connectivity index (χ0n) is 9.04. The molecule has 1 aromatic carbocycles. The van der Waals surface area contributed by atoms with Crippen LogP contribution >= 0.6 is 0 Å². The number of hydrogen-bond donors (Lipinski definition) is 4. The number of hydrazone groups is 1. The third-order valence-electron chi connectivity index (χ3n) is 1.99. The number of hydrogen-bond acceptors (Lipinski definition) is 6. The second-order valence-electron chi connectivity index (χ2n) is 3.32. The van der Waals surface area contributed by atoms with Crippen molar-refractivity contribution in [1.29, 1.82) is 0 Å². The Morgan fingerprint density at radius 1 is 1.28 bits per heavy atom. The predicted molar refractivity (Wildman–Crippen MR) is 64.8 cm³/mol. The molecule has 0 aliphatic carbocycles. The highest BCUT2D eigenvalue weighted by molar-refractivity contribution is 5.80. The molecule has 0 bridgehead atoms. The Labute approximate surface area is 100 Å². The number of aromatic nitrogens is 3. The number of aromatic hydroxyl groups is 1. The molecule has 0 aliphatic heterocycles. The van der Waals surface area contributed by atoms with Crippen LogP contribution in [0, 0.1) is 0 Å². The van der Waals surface area contributed by atoms with Crippen molar-refractivity contribution in [2.75, 3.05) is 5.43 Å². The van der Waals surface area contributed by atoms with Gasteiger partial charge >= 0.3 is 5.69 Å². The van der Waals surface area contributed by atoms with Crippen LogP contribution in [0.4, 0.5) is 5.82 Å². The van der Waals surface area contributed by atoms with E-state index in [2.05, 4.69) is 20.7 Å². The van der Waals surface area contributed by atoms with E-state index >= 15 is 0 Å². The number of phenolic OH excluding ortho intramolecular Hbond substituents is 1. The number of benzene rings is 1. The quantitative estimate of drug-likeness (QED) is 0.434. The summed E-state index contributed by atoms with van der Waals surface area (Å²) in [6, 6.07) is 6.30. The first-order valence-corrected chi connectivity index (χ1v) is 4.92. The fourth-order valence-electron chi connectivity index (χ4n) is 1.15. The van der Waals surface area contributed by atoms with Crippen LogP contribution in [0.2, 0.25) is 0 Å². The first-order chi connectivity index (χ1) is 8.65. The van der Waals surface area contributed by atoms with E-state index in [1.54, 1.807) is 12.1 Å².